The van der Waals surface area contributed by atoms with E-state index in [-0.39, 0.29) is 5.91 Å². The van der Waals surface area contributed by atoms with Gasteiger partial charge in [0.1, 0.15) is 5.60 Å². The van der Waals surface area contributed by atoms with Crippen molar-refractivity contribution < 1.29 is 23.8 Å². The number of carbonyl (C=O) groups is 2. The van der Waals surface area contributed by atoms with Crippen LogP contribution in [0.4, 0.5) is 4.79 Å². The highest BCUT2D eigenvalue weighted by Gasteiger charge is 2.28. The maximum absolute atomic E-state index is 11.7. The molecule has 24 heavy (non-hydrogen) atoms. The van der Waals surface area contributed by atoms with Gasteiger partial charge in [0.15, 0.2) is 0 Å². The average Bonchev–Trinajstić information content (AvgIpc) is 2.84. The topological polar surface area (TPSA) is 77.1 Å². The van der Waals surface area contributed by atoms with Crippen molar-refractivity contribution in [2.75, 3.05) is 51.4 Å². The van der Waals surface area contributed by atoms with E-state index in [2.05, 4.69) is 21.2 Å². The Morgan fingerprint density at radius 2 is 1.92 bits per heavy atom. The highest BCUT2D eigenvalue weighted by Crippen LogP contribution is 2.18. The van der Waals surface area contributed by atoms with E-state index in [1.165, 1.54) is 0 Å². The highest BCUT2D eigenvalue weighted by atomic mass is 79.9. The lowest BCUT2D eigenvalue weighted by Crippen LogP contribution is -2.34. The SMILES string of the molecule is CC(C)(C)OC(=O)NCCOCCOCCN1CC(CBr)CC1=O. The van der Waals surface area contributed by atoms with Crippen molar-refractivity contribution in [3.05, 3.63) is 0 Å². The van der Waals surface area contributed by atoms with Gasteiger partial charge in [0.05, 0.1) is 26.4 Å². The predicted octanol–water partition coefficient (Wildman–Crippen LogP) is 1.79. The molecule has 1 N–H and O–H groups in total. The fourth-order valence-electron chi connectivity index (χ4n) is 2.21. The van der Waals surface area contributed by atoms with Crippen molar-refractivity contribution in [2.45, 2.75) is 32.8 Å². The lowest BCUT2D eigenvalue weighted by Gasteiger charge is -2.19. The number of amides is 2. The van der Waals surface area contributed by atoms with Gasteiger partial charge in [0.25, 0.3) is 0 Å². The van der Waals surface area contributed by atoms with Crippen molar-refractivity contribution in [1.29, 1.82) is 0 Å². The molecule has 140 valence electrons. The molecule has 1 heterocycles. The lowest BCUT2D eigenvalue weighted by molar-refractivity contribution is -0.128. The summed E-state index contributed by atoms with van der Waals surface area (Å²) in [5.41, 5.74) is -0.496. The maximum atomic E-state index is 11.7. The zero-order valence-electron chi connectivity index (χ0n) is 14.8. The van der Waals surface area contributed by atoms with Gasteiger partial charge in [-0.25, -0.2) is 4.79 Å². The summed E-state index contributed by atoms with van der Waals surface area (Å²) < 4.78 is 15.9. The number of likely N-dealkylation sites (tertiary alicyclic amines) is 1. The van der Waals surface area contributed by atoms with Crippen LogP contribution in [0, 0.1) is 5.92 Å². The van der Waals surface area contributed by atoms with Crippen LogP contribution in [0.15, 0.2) is 0 Å². The third kappa shape index (κ3) is 9.44. The summed E-state index contributed by atoms with van der Waals surface area (Å²) in [4.78, 5) is 24.9. The minimum absolute atomic E-state index is 0.201. The Hall–Kier alpha value is -0.860. The smallest absolute Gasteiger partial charge is 0.407 e. The highest BCUT2D eigenvalue weighted by molar-refractivity contribution is 9.09. The van der Waals surface area contributed by atoms with Gasteiger partial charge in [-0.05, 0) is 26.7 Å². The van der Waals surface area contributed by atoms with Crippen LogP contribution in [-0.4, -0.2) is 73.9 Å². The van der Waals surface area contributed by atoms with Crippen molar-refractivity contribution in [3.63, 3.8) is 0 Å². The first-order valence-electron chi connectivity index (χ1n) is 8.28. The predicted molar refractivity (Wildman–Crippen MR) is 94.4 cm³/mol. The number of alkyl halides is 1. The minimum atomic E-state index is -0.496. The normalized spacial score (nSPS) is 18.1. The van der Waals surface area contributed by atoms with Crippen LogP contribution in [0.1, 0.15) is 27.2 Å². The second kappa shape index (κ2) is 10.9. The molecule has 1 aliphatic heterocycles. The van der Waals surface area contributed by atoms with Crippen molar-refractivity contribution in [1.82, 2.24) is 10.2 Å². The molecule has 1 rings (SSSR count). The molecule has 8 heteroatoms. The molecule has 1 aliphatic rings. The molecular formula is C16H29BrN2O5. The zero-order valence-corrected chi connectivity index (χ0v) is 16.4. The zero-order chi connectivity index (χ0) is 18.0. The van der Waals surface area contributed by atoms with Crippen LogP contribution >= 0.6 is 15.9 Å². The lowest BCUT2D eigenvalue weighted by atomic mass is 10.2. The first-order valence-corrected chi connectivity index (χ1v) is 9.40. The molecule has 0 aromatic rings. The van der Waals surface area contributed by atoms with Gasteiger partial charge in [0.2, 0.25) is 5.91 Å². The van der Waals surface area contributed by atoms with E-state index < -0.39 is 11.7 Å². The Morgan fingerprint density at radius 1 is 1.25 bits per heavy atom. The Labute approximate surface area is 152 Å². The van der Waals surface area contributed by atoms with Gasteiger partial charge in [-0.15, -0.1) is 0 Å². The van der Waals surface area contributed by atoms with Gasteiger partial charge in [-0.3, -0.25) is 4.79 Å². The Morgan fingerprint density at radius 3 is 2.50 bits per heavy atom. The molecule has 0 spiro atoms. The maximum Gasteiger partial charge on any atom is 0.407 e. The molecule has 1 saturated heterocycles. The van der Waals surface area contributed by atoms with Gasteiger partial charge < -0.3 is 24.4 Å². The second-order valence-corrected chi connectivity index (χ2v) is 7.37. The third-order valence-corrected chi connectivity index (χ3v) is 4.22. The summed E-state index contributed by atoms with van der Waals surface area (Å²) in [6.45, 7) is 9.11. The number of hydrogen-bond donors (Lipinski definition) is 1. The van der Waals surface area contributed by atoms with E-state index in [1.54, 1.807) is 0 Å². The number of alkyl carbamates (subject to hydrolysis) is 1. The Balaban J connectivity index is 1.91. The number of nitrogens with zero attached hydrogens (tertiary/aromatic N) is 1. The van der Waals surface area contributed by atoms with Gasteiger partial charge in [-0.1, -0.05) is 15.9 Å². The van der Waals surface area contributed by atoms with Crippen molar-refractivity contribution in [3.8, 4) is 0 Å². The first-order chi connectivity index (χ1) is 11.3. The van der Waals surface area contributed by atoms with Crippen LogP contribution in [-0.2, 0) is 19.0 Å². The monoisotopic (exact) mass is 408 g/mol. The number of nitrogens with one attached hydrogen (secondary N) is 1. The molecule has 2 amide bonds. The summed E-state index contributed by atoms with van der Waals surface area (Å²) >= 11 is 3.42. The quantitative estimate of drug-likeness (QED) is 0.440. The average molecular weight is 409 g/mol. The molecule has 1 atom stereocenters. The number of hydrogen-bond acceptors (Lipinski definition) is 5. The Bertz CT molecular complexity index is 400. The van der Waals surface area contributed by atoms with Gasteiger partial charge >= 0.3 is 6.09 Å². The summed E-state index contributed by atoms with van der Waals surface area (Å²) in [5.74, 6) is 0.617. The summed E-state index contributed by atoms with van der Waals surface area (Å²) in [7, 11) is 0. The molecule has 0 saturated carbocycles. The molecule has 7 nitrogen and oxygen atoms in total. The van der Waals surface area contributed by atoms with Crippen molar-refractivity contribution >= 4 is 27.9 Å². The van der Waals surface area contributed by atoms with E-state index in [0.29, 0.717) is 51.9 Å². The van der Waals surface area contributed by atoms with E-state index in [4.69, 9.17) is 14.2 Å². The van der Waals surface area contributed by atoms with Crippen LogP contribution in [0.2, 0.25) is 0 Å². The van der Waals surface area contributed by atoms with Gasteiger partial charge in [-0.2, -0.15) is 0 Å². The second-order valence-electron chi connectivity index (χ2n) is 6.72. The van der Waals surface area contributed by atoms with Crippen LogP contribution in [0.25, 0.3) is 0 Å². The molecular weight excluding hydrogens is 380 g/mol. The van der Waals surface area contributed by atoms with E-state index in [9.17, 15) is 9.59 Å². The standard InChI is InChI=1S/C16H29BrN2O5/c1-16(2,3)24-15(21)18-4-6-22-8-9-23-7-5-19-12-13(11-17)10-14(19)20/h13H,4-12H2,1-3H3,(H,18,21). The van der Waals surface area contributed by atoms with Crippen LogP contribution in [0.5, 0.6) is 0 Å². The molecule has 1 unspecified atom stereocenters. The molecule has 0 aromatic carbocycles. The summed E-state index contributed by atoms with van der Waals surface area (Å²) in [5, 5.41) is 3.48. The number of carbonyl (C=O) groups excluding carboxylic acids is 2. The molecule has 0 radical (unpaired) electrons. The van der Waals surface area contributed by atoms with E-state index >= 15 is 0 Å². The first kappa shape index (κ1) is 21.2. The van der Waals surface area contributed by atoms with E-state index in [0.717, 1.165) is 11.9 Å². The Kier molecular flexibility index (Phi) is 9.61. The molecule has 0 bridgehead atoms. The third-order valence-electron chi connectivity index (χ3n) is 3.30. The van der Waals surface area contributed by atoms with Crippen LogP contribution < -0.4 is 5.32 Å². The minimum Gasteiger partial charge on any atom is -0.444 e. The van der Waals surface area contributed by atoms with Gasteiger partial charge in [0, 0.05) is 31.4 Å². The number of halogens is 1. The molecule has 0 aromatic heterocycles. The summed E-state index contributed by atoms with van der Waals surface area (Å²) in [6, 6.07) is 0. The van der Waals surface area contributed by atoms with E-state index in [1.807, 2.05) is 25.7 Å². The number of ether oxygens (including phenoxy) is 3. The summed E-state index contributed by atoms with van der Waals surface area (Å²) in [6.07, 6.45) is 0.179. The fraction of sp³-hybridized carbons (Fsp3) is 0.875. The van der Waals surface area contributed by atoms with Crippen molar-refractivity contribution in [2.24, 2.45) is 5.92 Å². The number of rotatable bonds is 10. The molecule has 1 fully saturated rings. The largest absolute Gasteiger partial charge is 0.444 e. The van der Waals surface area contributed by atoms with Crippen LogP contribution in [0.3, 0.4) is 0 Å². The molecule has 0 aliphatic carbocycles. The fourth-order valence-corrected chi connectivity index (χ4v) is 2.64.